The van der Waals surface area contributed by atoms with E-state index in [9.17, 15) is 4.79 Å². The largest absolute Gasteiger partial charge is 0.493 e. The molecular weight excluding hydrogens is 230 g/mol. The van der Waals surface area contributed by atoms with E-state index in [0.717, 1.165) is 19.5 Å². The molecule has 0 bridgehead atoms. The first-order valence-corrected chi connectivity index (χ1v) is 6.18. The van der Waals surface area contributed by atoms with E-state index in [1.807, 2.05) is 0 Å². The third-order valence-corrected chi connectivity index (χ3v) is 3.00. The van der Waals surface area contributed by atoms with Gasteiger partial charge in [0.15, 0.2) is 0 Å². The van der Waals surface area contributed by atoms with E-state index in [4.69, 9.17) is 4.74 Å². The second-order valence-electron chi connectivity index (χ2n) is 4.75. The van der Waals surface area contributed by atoms with Crippen LogP contribution in [0.15, 0.2) is 18.3 Å². The fourth-order valence-corrected chi connectivity index (χ4v) is 1.92. The molecule has 1 aromatic rings. The molecular formula is C13H19N3O2. The van der Waals surface area contributed by atoms with Crippen molar-refractivity contribution in [2.45, 2.75) is 6.42 Å². The minimum Gasteiger partial charge on any atom is -0.493 e. The lowest BCUT2D eigenvalue weighted by Gasteiger charge is -2.13. The molecule has 1 N–H and O–H groups in total. The van der Waals surface area contributed by atoms with Crippen LogP contribution in [0.2, 0.25) is 0 Å². The van der Waals surface area contributed by atoms with E-state index in [2.05, 4.69) is 10.3 Å². The molecule has 0 radical (unpaired) electrons. The Labute approximate surface area is 107 Å². The van der Waals surface area contributed by atoms with Gasteiger partial charge in [-0.05, 0) is 19.0 Å². The van der Waals surface area contributed by atoms with E-state index >= 15 is 0 Å². The predicted molar refractivity (Wildman–Crippen MR) is 68.7 cm³/mol. The van der Waals surface area contributed by atoms with Crippen molar-refractivity contribution in [1.29, 1.82) is 0 Å². The van der Waals surface area contributed by atoms with E-state index in [0.29, 0.717) is 24.0 Å². The van der Waals surface area contributed by atoms with Gasteiger partial charge in [-0.15, -0.1) is 0 Å². The third-order valence-electron chi connectivity index (χ3n) is 3.00. The molecule has 1 fully saturated rings. The minimum atomic E-state index is -0.108. The van der Waals surface area contributed by atoms with Crippen LogP contribution in [0, 0.1) is 5.92 Å². The number of nitrogens with zero attached hydrogens (tertiary/aromatic N) is 2. The quantitative estimate of drug-likeness (QED) is 0.856. The molecule has 0 spiro atoms. The number of carbonyl (C=O) groups excluding carboxylic acids is 1. The zero-order chi connectivity index (χ0) is 13.0. The molecule has 0 saturated carbocycles. The molecule has 1 aliphatic heterocycles. The number of hydrogen-bond donors (Lipinski definition) is 1. The smallest absolute Gasteiger partial charge is 0.272 e. The molecule has 18 heavy (non-hydrogen) atoms. The first-order chi connectivity index (χ1) is 8.66. The Hall–Kier alpha value is -1.62. The molecule has 0 aliphatic carbocycles. The van der Waals surface area contributed by atoms with Gasteiger partial charge in [0.05, 0.1) is 6.61 Å². The van der Waals surface area contributed by atoms with Crippen LogP contribution >= 0.6 is 0 Å². The predicted octanol–water partition coefficient (Wildman–Crippen LogP) is 0.772. The molecule has 1 amide bonds. The summed E-state index contributed by atoms with van der Waals surface area (Å²) in [5.41, 5.74) is 0.419. The maximum Gasteiger partial charge on any atom is 0.272 e. The van der Waals surface area contributed by atoms with Crippen molar-refractivity contribution in [2.75, 3.05) is 33.8 Å². The number of hydrogen-bond acceptors (Lipinski definition) is 4. The summed E-state index contributed by atoms with van der Waals surface area (Å²) >= 11 is 0. The summed E-state index contributed by atoms with van der Waals surface area (Å²) in [5, 5.41) is 3.30. The zero-order valence-corrected chi connectivity index (χ0v) is 10.8. The molecule has 5 heteroatoms. The van der Waals surface area contributed by atoms with Crippen molar-refractivity contribution in [1.82, 2.24) is 15.2 Å². The fourth-order valence-electron chi connectivity index (χ4n) is 1.92. The molecule has 0 aromatic carbocycles. The topological polar surface area (TPSA) is 54.5 Å². The fraction of sp³-hybridized carbons (Fsp3) is 0.538. The number of aromatic nitrogens is 1. The van der Waals surface area contributed by atoms with Crippen molar-refractivity contribution in [2.24, 2.45) is 5.92 Å². The Morgan fingerprint density at radius 2 is 2.44 bits per heavy atom. The average Bonchev–Trinajstić information content (AvgIpc) is 2.89. The van der Waals surface area contributed by atoms with Crippen LogP contribution in [0.25, 0.3) is 0 Å². The number of rotatable bonds is 4. The van der Waals surface area contributed by atoms with Gasteiger partial charge in [-0.1, -0.05) is 0 Å². The standard InChI is InChI=1S/C13H19N3O2/c1-16(2)13(17)12-7-11(4-6-15-12)18-9-10-3-5-14-8-10/h4,6-7,10,14H,3,5,8-9H2,1-2H3. The van der Waals surface area contributed by atoms with Gasteiger partial charge in [0.25, 0.3) is 5.91 Å². The highest BCUT2D eigenvalue weighted by Crippen LogP contribution is 2.15. The maximum absolute atomic E-state index is 11.8. The van der Waals surface area contributed by atoms with E-state index in [-0.39, 0.29) is 5.91 Å². The number of carbonyl (C=O) groups is 1. The Bertz CT molecular complexity index is 414. The molecule has 5 nitrogen and oxygen atoms in total. The minimum absolute atomic E-state index is 0.108. The van der Waals surface area contributed by atoms with Crippen LogP contribution in [0.1, 0.15) is 16.9 Å². The first-order valence-electron chi connectivity index (χ1n) is 6.18. The van der Waals surface area contributed by atoms with Crippen LogP contribution in [0.4, 0.5) is 0 Å². The number of ether oxygens (including phenoxy) is 1. The van der Waals surface area contributed by atoms with Gasteiger partial charge in [-0.3, -0.25) is 9.78 Å². The number of amides is 1. The van der Waals surface area contributed by atoms with Crippen molar-refractivity contribution in [3.8, 4) is 5.75 Å². The van der Waals surface area contributed by atoms with Gasteiger partial charge in [0.2, 0.25) is 0 Å². The van der Waals surface area contributed by atoms with Crippen LogP contribution in [-0.4, -0.2) is 49.6 Å². The second-order valence-corrected chi connectivity index (χ2v) is 4.75. The second kappa shape index (κ2) is 5.82. The molecule has 98 valence electrons. The number of pyridine rings is 1. The van der Waals surface area contributed by atoms with Gasteiger partial charge in [-0.25, -0.2) is 0 Å². The van der Waals surface area contributed by atoms with Crippen LogP contribution in [-0.2, 0) is 0 Å². The maximum atomic E-state index is 11.8. The Morgan fingerprint density at radius 3 is 3.11 bits per heavy atom. The van der Waals surface area contributed by atoms with Crippen molar-refractivity contribution in [3.05, 3.63) is 24.0 Å². The van der Waals surface area contributed by atoms with E-state index in [1.54, 1.807) is 32.4 Å². The normalized spacial score (nSPS) is 18.7. The van der Waals surface area contributed by atoms with Gasteiger partial charge >= 0.3 is 0 Å². The highest BCUT2D eigenvalue weighted by molar-refractivity contribution is 5.92. The summed E-state index contributed by atoms with van der Waals surface area (Å²) in [6, 6.07) is 3.49. The molecule has 1 unspecified atom stereocenters. The van der Waals surface area contributed by atoms with Crippen molar-refractivity contribution >= 4 is 5.91 Å². The average molecular weight is 249 g/mol. The van der Waals surface area contributed by atoms with Gasteiger partial charge in [-0.2, -0.15) is 0 Å². The summed E-state index contributed by atoms with van der Waals surface area (Å²) in [7, 11) is 3.42. The SMILES string of the molecule is CN(C)C(=O)c1cc(OCC2CCNC2)ccn1. The molecule has 1 atom stereocenters. The lowest BCUT2D eigenvalue weighted by molar-refractivity contribution is 0.0821. The van der Waals surface area contributed by atoms with Gasteiger partial charge in [0.1, 0.15) is 11.4 Å². The van der Waals surface area contributed by atoms with Crippen LogP contribution in [0.5, 0.6) is 5.75 Å². The van der Waals surface area contributed by atoms with Gasteiger partial charge < -0.3 is 15.0 Å². The Kier molecular flexibility index (Phi) is 4.15. The molecule has 2 heterocycles. The monoisotopic (exact) mass is 249 g/mol. The Morgan fingerprint density at radius 1 is 1.61 bits per heavy atom. The summed E-state index contributed by atoms with van der Waals surface area (Å²) in [5.74, 6) is 1.16. The van der Waals surface area contributed by atoms with Crippen molar-refractivity contribution < 1.29 is 9.53 Å². The number of nitrogens with one attached hydrogen (secondary N) is 1. The lowest BCUT2D eigenvalue weighted by Crippen LogP contribution is -2.22. The van der Waals surface area contributed by atoms with Crippen LogP contribution < -0.4 is 10.1 Å². The highest BCUT2D eigenvalue weighted by atomic mass is 16.5. The summed E-state index contributed by atoms with van der Waals surface area (Å²) in [4.78, 5) is 17.3. The van der Waals surface area contributed by atoms with E-state index < -0.39 is 0 Å². The Balaban J connectivity index is 1.96. The summed E-state index contributed by atoms with van der Waals surface area (Å²) in [6.07, 6.45) is 2.76. The molecule has 1 aliphatic rings. The summed E-state index contributed by atoms with van der Waals surface area (Å²) < 4.78 is 5.71. The van der Waals surface area contributed by atoms with E-state index in [1.165, 1.54) is 4.90 Å². The zero-order valence-electron chi connectivity index (χ0n) is 10.8. The van der Waals surface area contributed by atoms with Crippen LogP contribution in [0.3, 0.4) is 0 Å². The van der Waals surface area contributed by atoms with Gasteiger partial charge in [0, 0.05) is 38.8 Å². The van der Waals surface area contributed by atoms with Crippen molar-refractivity contribution in [3.63, 3.8) is 0 Å². The molecule has 2 rings (SSSR count). The molecule has 1 saturated heterocycles. The third kappa shape index (κ3) is 3.20. The lowest BCUT2D eigenvalue weighted by atomic mass is 10.1. The summed E-state index contributed by atoms with van der Waals surface area (Å²) in [6.45, 7) is 2.76. The highest BCUT2D eigenvalue weighted by Gasteiger charge is 2.15. The molecule has 1 aromatic heterocycles. The first kappa shape index (κ1) is 12.8.